The molecule has 1 aliphatic rings. The normalized spacial score (nSPS) is 22.3. The average Bonchev–Trinajstić information content (AvgIpc) is 2.99. The van der Waals surface area contributed by atoms with Gasteiger partial charge < -0.3 is 10.2 Å². The highest BCUT2D eigenvalue weighted by Gasteiger charge is 2.28. The summed E-state index contributed by atoms with van der Waals surface area (Å²) in [6.07, 6.45) is 12.0. The van der Waals surface area contributed by atoms with Crippen molar-refractivity contribution < 1.29 is 4.79 Å². The number of likely N-dealkylation sites (N-methyl/N-ethyl adjacent to an activating group) is 1. The van der Waals surface area contributed by atoms with Crippen LogP contribution in [-0.2, 0) is 18.3 Å². The SMILES string of the molecule is CN(C)C/C=C/C(=O)NC1CCCC1Cc1cnn(C)c1. The Bertz CT molecular complexity index is 492. The molecule has 1 aromatic heterocycles. The lowest BCUT2D eigenvalue weighted by Gasteiger charge is -2.19. The second-order valence-electron chi connectivity index (χ2n) is 6.20. The van der Waals surface area contributed by atoms with Gasteiger partial charge in [0.25, 0.3) is 0 Å². The lowest BCUT2D eigenvalue weighted by atomic mass is 9.96. The highest BCUT2D eigenvalue weighted by molar-refractivity contribution is 5.87. The van der Waals surface area contributed by atoms with Gasteiger partial charge in [0.15, 0.2) is 0 Å². The van der Waals surface area contributed by atoms with E-state index in [0.717, 1.165) is 19.4 Å². The molecule has 5 heteroatoms. The number of aryl methyl sites for hydroxylation is 1. The molecule has 1 amide bonds. The Balaban J connectivity index is 1.84. The highest BCUT2D eigenvalue weighted by atomic mass is 16.1. The maximum atomic E-state index is 11.9. The van der Waals surface area contributed by atoms with Crippen LogP contribution in [0.5, 0.6) is 0 Å². The van der Waals surface area contributed by atoms with Crippen LogP contribution in [0.1, 0.15) is 24.8 Å². The van der Waals surface area contributed by atoms with Crippen LogP contribution in [0, 0.1) is 5.92 Å². The van der Waals surface area contributed by atoms with Crippen molar-refractivity contribution in [1.82, 2.24) is 20.0 Å². The first-order chi connectivity index (χ1) is 10.0. The van der Waals surface area contributed by atoms with Crippen molar-refractivity contribution in [2.45, 2.75) is 31.7 Å². The molecule has 0 bridgehead atoms. The van der Waals surface area contributed by atoms with Gasteiger partial charge in [-0.3, -0.25) is 9.48 Å². The molecule has 1 fully saturated rings. The van der Waals surface area contributed by atoms with Gasteiger partial charge in [0.05, 0.1) is 6.20 Å². The lowest BCUT2D eigenvalue weighted by molar-refractivity contribution is -0.117. The van der Waals surface area contributed by atoms with E-state index in [1.165, 1.54) is 18.4 Å². The predicted molar refractivity (Wildman–Crippen MR) is 83.9 cm³/mol. The molecule has 0 aromatic carbocycles. The number of nitrogens with zero attached hydrogens (tertiary/aromatic N) is 3. The fourth-order valence-electron chi connectivity index (χ4n) is 2.95. The van der Waals surface area contributed by atoms with Gasteiger partial charge in [-0.1, -0.05) is 12.5 Å². The molecule has 0 saturated heterocycles. The zero-order valence-electron chi connectivity index (χ0n) is 13.2. The summed E-state index contributed by atoms with van der Waals surface area (Å²) < 4.78 is 1.84. The molecule has 2 rings (SSSR count). The molecule has 21 heavy (non-hydrogen) atoms. The molecule has 5 nitrogen and oxygen atoms in total. The van der Waals surface area contributed by atoms with Crippen LogP contribution in [0.4, 0.5) is 0 Å². The Labute approximate surface area is 127 Å². The Morgan fingerprint density at radius 3 is 3.00 bits per heavy atom. The Hall–Kier alpha value is -1.62. The minimum Gasteiger partial charge on any atom is -0.350 e. The number of aromatic nitrogens is 2. The van der Waals surface area contributed by atoms with Crippen LogP contribution in [0.3, 0.4) is 0 Å². The van der Waals surface area contributed by atoms with Crippen molar-refractivity contribution in [3.63, 3.8) is 0 Å². The summed E-state index contributed by atoms with van der Waals surface area (Å²) in [7, 11) is 5.92. The van der Waals surface area contributed by atoms with Crippen LogP contribution in [-0.4, -0.2) is 47.3 Å². The fourth-order valence-corrected chi connectivity index (χ4v) is 2.95. The highest BCUT2D eigenvalue weighted by Crippen LogP contribution is 2.28. The summed E-state index contributed by atoms with van der Waals surface area (Å²) in [5.41, 5.74) is 1.26. The molecular formula is C16H26N4O. The van der Waals surface area contributed by atoms with Gasteiger partial charge in [-0.25, -0.2) is 0 Å². The third-order valence-electron chi connectivity index (χ3n) is 3.98. The summed E-state index contributed by atoms with van der Waals surface area (Å²) in [5, 5.41) is 7.37. The minimum atomic E-state index is 0.0277. The lowest BCUT2D eigenvalue weighted by Crippen LogP contribution is -2.37. The van der Waals surface area contributed by atoms with Gasteiger partial charge in [-0.2, -0.15) is 5.10 Å². The number of carbonyl (C=O) groups is 1. The van der Waals surface area contributed by atoms with E-state index >= 15 is 0 Å². The van der Waals surface area contributed by atoms with Gasteiger partial charge in [0.1, 0.15) is 0 Å². The number of amides is 1. The van der Waals surface area contributed by atoms with Crippen molar-refractivity contribution >= 4 is 5.91 Å². The molecule has 1 aromatic rings. The van der Waals surface area contributed by atoms with Crippen molar-refractivity contribution in [1.29, 1.82) is 0 Å². The third-order valence-corrected chi connectivity index (χ3v) is 3.98. The van der Waals surface area contributed by atoms with Gasteiger partial charge in [-0.15, -0.1) is 0 Å². The molecule has 0 radical (unpaired) electrons. The molecule has 1 N–H and O–H groups in total. The van der Waals surface area contributed by atoms with Crippen LogP contribution < -0.4 is 5.32 Å². The maximum absolute atomic E-state index is 11.9. The van der Waals surface area contributed by atoms with Crippen molar-refractivity contribution in [3.05, 3.63) is 30.1 Å². The minimum absolute atomic E-state index is 0.0277. The first-order valence-corrected chi connectivity index (χ1v) is 7.64. The Kier molecular flexibility index (Phi) is 5.56. The average molecular weight is 290 g/mol. The van der Waals surface area contributed by atoms with E-state index < -0.39 is 0 Å². The Morgan fingerprint density at radius 1 is 1.52 bits per heavy atom. The van der Waals surface area contributed by atoms with Gasteiger partial charge in [0.2, 0.25) is 5.91 Å². The van der Waals surface area contributed by atoms with Gasteiger partial charge >= 0.3 is 0 Å². The first kappa shape index (κ1) is 15.8. The number of hydrogen-bond donors (Lipinski definition) is 1. The standard InChI is InChI=1S/C16H26N4O/c1-19(2)9-5-8-16(21)18-15-7-4-6-14(15)10-13-11-17-20(3)12-13/h5,8,11-12,14-15H,4,6-7,9-10H2,1-3H3,(H,18,21)/b8-5+. The monoisotopic (exact) mass is 290 g/mol. The summed E-state index contributed by atoms with van der Waals surface area (Å²) in [6, 6.07) is 0.293. The van der Waals surface area contributed by atoms with Gasteiger partial charge in [-0.05, 0) is 44.8 Å². The quantitative estimate of drug-likeness (QED) is 0.805. The number of nitrogens with one attached hydrogen (secondary N) is 1. The molecule has 0 aliphatic heterocycles. The molecule has 116 valence electrons. The summed E-state index contributed by atoms with van der Waals surface area (Å²) >= 11 is 0. The molecule has 2 atom stereocenters. The largest absolute Gasteiger partial charge is 0.350 e. The molecule has 2 unspecified atom stereocenters. The van der Waals surface area contributed by atoms with E-state index in [9.17, 15) is 4.79 Å². The summed E-state index contributed by atoms with van der Waals surface area (Å²) in [5.74, 6) is 0.556. The van der Waals surface area contributed by atoms with Gasteiger partial charge in [0, 0.05) is 31.9 Å². The maximum Gasteiger partial charge on any atom is 0.243 e. The van der Waals surface area contributed by atoms with E-state index in [2.05, 4.69) is 16.6 Å². The summed E-state index contributed by atoms with van der Waals surface area (Å²) in [4.78, 5) is 14.0. The van der Waals surface area contributed by atoms with Crippen molar-refractivity contribution in [2.75, 3.05) is 20.6 Å². The summed E-state index contributed by atoms with van der Waals surface area (Å²) in [6.45, 7) is 0.789. The van der Waals surface area contributed by atoms with E-state index in [1.54, 1.807) is 6.08 Å². The van der Waals surface area contributed by atoms with Crippen molar-refractivity contribution in [2.24, 2.45) is 13.0 Å². The fraction of sp³-hybridized carbons (Fsp3) is 0.625. The van der Waals surface area contributed by atoms with Crippen molar-refractivity contribution in [3.8, 4) is 0 Å². The Morgan fingerprint density at radius 2 is 2.33 bits per heavy atom. The zero-order chi connectivity index (χ0) is 15.2. The molecular weight excluding hydrogens is 264 g/mol. The van der Waals surface area contributed by atoms with E-state index in [1.807, 2.05) is 43.0 Å². The second-order valence-corrected chi connectivity index (χ2v) is 6.20. The molecule has 1 heterocycles. The van der Waals surface area contributed by atoms with E-state index in [4.69, 9.17) is 0 Å². The molecule has 1 saturated carbocycles. The number of carbonyl (C=O) groups excluding carboxylic acids is 1. The smallest absolute Gasteiger partial charge is 0.243 e. The van der Waals surface area contributed by atoms with E-state index in [-0.39, 0.29) is 5.91 Å². The molecule has 1 aliphatic carbocycles. The second kappa shape index (κ2) is 7.41. The number of hydrogen-bond acceptors (Lipinski definition) is 3. The van der Waals surface area contributed by atoms with Crippen LogP contribution >= 0.6 is 0 Å². The van der Waals surface area contributed by atoms with Crippen LogP contribution in [0.25, 0.3) is 0 Å². The topological polar surface area (TPSA) is 50.2 Å². The number of rotatable bonds is 6. The third kappa shape index (κ3) is 5.01. The molecule has 0 spiro atoms. The van der Waals surface area contributed by atoms with E-state index in [0.29, 0.717) is 12.0 Å². The first-order valence-electron chi connectivity index (χ1n) is 7.64. The van der Waals surface area contributed by atoms with Crippen LogP contribution in [0.2, 0.25) is 0 Å². The predicted octanol–water partition coefficient (Wildman–Crippen LogP) is 1.37. The van der Waals surface area contributed by atoms with Crippen LogP contribution in [0.15, 0.2) is 24.5 Å². The zero-order valence-corrected chi connectivity index (χ0v) is 13.2.